The second kappa shape index (κ2) is 9.27. The van der Waals surface area contributed by atoms with Crippen LogP contribution in [0.3, 0.4) is 0 Å². The Morgan fingerprint density at radius 3 is 2.15 bits per heavy atom. The smallest absolute Gasteiger partial charge is 0.243 e. The molecule has 0 bridgehead atoms. The predicted molar refractivity (Wildman–Crippen MR) is 109 cm³/mol. The van der Waals surface area contributed by atoms with Crippen molar-refractivity contribution in [2.75, 3.05) is 23.8 Å². The SMILES string of the molecule is CCOc1ccccc1NCC(=O)Nc1c(C(C)C)cccc1C(C)C. The summed E-state index contributed by atoms with van der Waals surface area (Å²) in [4.78, 5) is 12.6. The highest BCUT2D eigenvalue weighted by Crippen LogP contribution is 2.32. The van der Waals surface area contributed by atoms with Crippen LogP contribution in [0.2, 0.25) is 0 Å². The highest BCUT2D eigenvalue weighted by atomic mass is 16.5. The molecule has 1 amide bonds. The average molecular weight is 354 g/mol. The molecule has 0 atom stereocenters. The normalized spacial score (nSPS) is 10.9. The van der Waals surface area contributed by atoms with Crippen LogP contribution in [0.15, 0.2) is 42.5 Å². The molecule has 0 saturated heterocycles. The van der Waals surface area contributed by atoms with E-state index in [0.717, 1.165) is 17.1 Å². The summed E-state index contributed by atoms with van der Waals surface area (Å²) in [6.45, 7) is 11.3. The van der Waals surface area contributed by atoms with E-state index < -0.39 is 0 Å². The van der Waals surface area contributed by atoms with Gasteiger partial charge in [0.15, 0.2) is 0 Å². The molecule has 2 rings (SSSR count). The Morgan fingerprint density at radius 2 is 1.58 bits per heavy atom. The first-order chi connectivity index (χ1) is 12.4. The summed E-state index contributed by atoms with van der Waals surface area (Å²) in [6.07, 6.45) is 0. The first-order valence-corrected chi connectivity index (χ1v) is 9.32. The van der Waals surface area contributed by atoms with Crippen molar-refractivity contribution in [3.8, 4) is 5.75 Å². The lowest BCUT2D eigenvalue weighted by Gasteiger charge is -2.20. The molecule has 2 aromatic carbocycles. The number of ether oxygens (including phenoxy) is 1. The molecule has 0 unspecified atom stereocenters. The third-order valence-corrected chi connectivity index (χ3v) is 4.26. The Balaban J connectivity index is 2.13. The number of para-hydroxylation sites is 3. The highest BCUT2D eigenvalue weighted by molar-refractivity contribution is 5.95. The third kappa shape index (κ3) is 5.01. The lowest BCUT2D eigenvalue weighted by Crippen LogP contribution is -2.23. The molecular weight excluding hydrogens is 324 g/mol. The molecule has 0 aliphatic rings. The molecule has 4 nitrogen and oxygen atoms in total. The number of nitrogens with one attached hydrogen (secondary N) is 2. The Morgan fingerprint density at radius 1 is 0.962 bits per heavy atom. The van der Waals surface area contributed by atoms with Gasteiger partial charge in [0.2, 0.25) is 5.91 Å². The fraction of sp³-hybridized carbons (Fsp3) is 0.409. The van der Waals surface area contributed by atoms with Crippen molar-refractivity contribution in [2.24, 2.45) is 0 Å². The van der Waals surface area contributed by atoms with E-state index in [0.29, 0.717) is 18.4 Å². The van der Waals surface area contributed by atoms with Crippen molar-refractivity contribution >= 4 is 17.3 Å². The Hall–Kier alpha value is -2.49. The van der Waals surface area contributed by atoms with Gasteiger partial charge in [0, 0.05) is 5.69 Å². The lowest BCUT2D eigenvalue weighted by atomic mass is 9.92. The van der Waals surface area contributed by atoms with Crippen LogP contribution in [0.4, 0.5) is 11.4 Å². The van der Waals surface area contributed by atoms with Gasteiger partial charge in [0.05, 0.1) is 18.8 Å². The molecule has 0 spiro atoms. The standard InChI is InChI=1S/C22H30N2O2/c1-6-26-20-13-8-7-12-19(20)23-14-21(25)24-22-17(15(2)3)10-9-11-18(22)16(4)5/h7-13,15-16,23H,6,14H2,1-5H3,(H,24,25). The zero-order valence-corrected chi connectivity index (χ0v) is 16.4. The molecule has 2 aromatic rings. The number of anilines is 2. The molecule has 0 aromatic heterocycles. The number of benzene rings is 2. The van der Waals surface area contributed by atoms with Gasteiger partial charge in [-0.3, -0.25) is 4.79 Å². The van der Waals surface area contributed by atoms with Crippen LogP contribution in [0.25, 0.3) is 0 Å². The Bertz CT molecular complexity index is 712. The molecular formula is C22H30N2O2. The second-order valence-corrected chi connectivity index (χ2v) is 6.95. The average Bonchev–Trinajstić information content (AvgIpc) is 2.61. The molecule has 0 aliphatic heterocycles. The minimum atomic E-state index is -0.0636. The maximum atomic E-state index is 12.6. The second-order valence-electron chi connectivity index (χ2n) is 6.95. The van der Waals surface area contributed by atoms with Crippen LogP contribution in [-0.4, -0.2) is 19.1 Å². The number of amides is 1. The Kier molecular flexibility index (Phi) is 7.07. The quantitative estimate of drug-likeness (QED) is 0.669. The van der Waals surface area contributed by atoms with Gasteiger partial charge in [-0.1, -0.05) is 58.0 Å². The van der Waals surface area contributed by atoms with Crippen LogP contribution in [0, 0.1) is 0 Å². The van der Waals surface area contributed by atoms with E-state index in [1.165, 1.54) is 11.1 Å². The topological polar surface area (TPSA) is 50.4 Å². The third-order valence-electron chi connectivity index (χ3n) is 4.26. The van der Waals surface area contributed by atoms with Crippen LogP contribution in [0.5, 0.6) is 5.75 Å². The summed E-state index contributed by atoms with van der Waals surface area (Å²) >= 11 is 0. The zero-order chi connectivity index (χ0) is 19.1. The van der Waals surface area contributed by atoms with Crippen molar-refractivity contribution in [3.63, 3.8) is 0 Å². The van der Waals surface area contributed by atoms with Crippen LogP contribution >= 0.6 is 0 Å². The maximum absolute atomic E-state index is 12.6. The minimum absolute atomic E-state index is 0.0636. The Labute approximate surface area is 157 Å². The minimum Gasteiger partial charge on any atom is -0.492 e. The molecule has 0 saturated carbocycles. The molecule has 0 heterocycles. The van der Waals surface area contributed by atoms with Gasteiger partial charge in [0.1, 0.15) is 5.75 Å². The van der Waals surface area contributed by atoms with Crippen LogP contribution in [-0.2, 0) is 4.79 Å². The molecule has 0 radical (unpaired) electrons. The van der Waals surface area contributed by atoms with E-state index in [4.69, 9.17) is 4.74 Å². The zero-order valence-electron chi connectivity index (χ0n) is 16.4. The summed E-state index contributed by atoms with van der Waals surface area (Å²) < 4.78 is 5.59. The van der Waals surface area contributed by atoms with E-state index in [2.05, 4.69) is 56.5 Å². The summed E-state index contributed by atoms with van der Waals surface area (Å²) in [6, 6.07) is 13.9. The van der Waals surface area contributed by atoms with E-state index in [9.17, 15) is 4.79 Å². The summed E-state index contributed by atoms with van der Waals surface area (Å²) in [7, 11) is 0. The molecule has 0 fully saturated rings. The number of hydrogen-bond donors (Lipinski definition) is 2. The molecule has 140 valence electrons. The van der Waals surface area contributed by atoms with Crippen molar-refractivity contribution in [1.82, 2.24) is 0 Å². The molecule has 0 aliphatic carbocycles. The first kappa shape index (κ1) is 19.8. The van der Waals surface area contributed by atoms with E-state index in [1.54, 1.807) is 0 Å². The maximum Gasteiger partial charge on any atom is 0.243 e. The van der Waals surface area contributed by atoms with Gasteiger partial charge >= 0.3 is 0 Å². The number of rotatable bonds is 8. The van der Waals surface area contributed by atoms with Gasteiger partial charge in [-0.15, -0.1) is 0 Å². The monoisotopic (exact) mass is 354 g/mol. The summed E-state index contributed by atoms with van der Waals surface area (Å²) in [5, 5.41) is 6.30. The molecule has 4 heteroatoms. The summed E-state index contributed by atoms with van der Waals surface area (Å²) in [5.74, 6) is 1.38. The number of carbonyl (C=O) groups is 1. The van der Waals surface area contributed by atoms with E-state index in [-0.39, 0.29) is 12.5 Å². The fourth-order valence-corrected chi connectivity index (χ4v) is 2.95. The lowest BCUT2D eigenvalue weighted by molar-refractivity contribution is -0.114. The largest absolute Gasteiger partial charge is 0.492 e. The van der Waals surface area contributed by atoms with Gasteiger partial charge in [-0.2, -0.15) is 0 Å². The number of carbonyl (C=O) groups excluding carboxylic acids is 1. The van der Waals surface area contributed by atoms with Gasteiger partial charge < -0.3 is 15.4 Å². The highest BCUT2D eigenvalue weighted by Gasteiger charge is 2.16. The number of hydrogen-bond acceptors (Lipinski definition) is 3. The predicted octanol–water partition coefficient (Wildman–Crippen LogP) is 5.38. The van der Waals surface area contributed by atoms with E-state index in [1.807, 2.05) is 31.2 Å². The van der Waals surface area contributed by atoms with Crippen molar-refractivity contribution in [2.45, 2.75) is 46.5 Å². The molecule has 2 N–H and O–H groups in total. The van der Waals surface area contributed by atoms with E-state index >= 15 is 0 Å². The van der Waals surface area contributed by atoms with Crippen LogP contribution in [0.1, 0.15) is 57.6 Å². The fourth-order valence-electron chi connectivity index (χ4n) is 2.95. The van der Waals surface area contributed by atoms with Crippen molar-refractivity contribution in [1.29, 1.82) is 0 Å². The van der Waals surface area contributed by atoms with Crippen molar-refractivity contribution in [3.05, 3.63) is 53.6 Å². The van der Waals surface area contributed by atoms with Gasteiger partial charge in [-0.05, 0) is 42.0 Å². The van der Waals surface area contributed by atoms with Gasteiger partial charge in [0.25, 0.3) is 0 Å². The molecule has 26 heavy (non-hydrogen) atoms. The van der Waals surface area contributed by atoms with Gasteiger partial charge in [-0.25, -0.2) is 0 Å². The van der Waals surface area contributed by atoms with Crippen LogP contribution < -0.4 is 15.4 Å². The van der Waals surface area contributed by atoms with Crippen molar-refractivity contribution < 1.29 is 9.53 Å². The summed E-state index contributed by atoms with van der Waals surface area (Å²) in [5.41, 5.74) is 4.10. The first-order valence-electron chi connectivity index (χ1n) is 9.32.